The molecule has 22 heavy (non-hydrogen) atoms. The Kier molecular flexibility index (Phi) is 5.26. The van der Waals surface area contributed by atoms with E-state index in [1.54, 1.807) is 24.2 Å². The van der Waals surface area contributed by atoms with Crippen LogP contribution in [0.2, 0.25) is 0 Å². The van der Waals surface area contributed by atoms with Crippen molar-refractivity contribution >= 4 is 23.4 Å². The number of hydrogen-bond donors (Lipinski definition) is 3. The van der Waals surface area contributed by atoms with Crippen molar-refractivity contribution in [2.75, 3.05) is 30.9 Å². The minimum Gasteiger partial charge on any atom is -0.385 e. The van der Waals surface area contributed by atoms with Crippen molar-refractivity contribution in [2.45, 2.75) is 6.42 Å². The number of methoxy groups -OCH3 is 1. The molecule has 0 aliphatic heterocycles. The molecule has 0 unspecified atom stereocenters. The lowest BCUT2D eigenvalue weighted by atomic mass is 10.3. The molecule has 2 aromatic rings. The first-order valence-corrected chi connectivity index (χ1v) is 6.75. The Morgan fingerprint density at radius 2 is 2.27 bits per heavy atom. The molecule has 2 aromatic heterocycles. The molecule has 9 heteroatoms. The second-order valence-electron chi connectivity index (χ2n) is 4.62. The van der Waals surface area contributed by atoms with Crippen molar-refractivity contribution in [3.63, 3.8) is 0 Å². The minimum absolute atomic E-state index is 0.245. The topological polar surface area (TPSA) is 120 Å². The third kappa shape index (κ3) is 4.16. The van der Waals surface area contributed by atoms with E-state index in [1.165, 1.54) is 6.20 Å². The number of hydrogen-bond acceptors (Lipinski definition) is 7. The number of aryl methyl sites for hydroxylation is 1. The summed E-state index contributed by atoms with van der Waals surface area (Å²) in [6.07, 6.45) is 5.62. The molecule has 0 fully saturated rings. The molecule has 0 aliphatic carbocycles. The van der Waals surface area contributed by atoms with Crippen LogP contribution in [0.3, 0.4) is 0 Å². The number of nitrogens with one attached hydrogen (secondary N) is 2. The Balaban J connectivity index is 2.13. The van der Waals surface area contributed by atoms with Crippen LogP contribution in [-0.2, 0) is 11.8 Å². The van der Waals surface area contributed by atoms with Gasteiger partial charge in [-0.1, -0.05) is 0 Å². The maximum atomic E-state index is 11.4. The lowest BCUT2D eigenvalue weighted by Crippen LogP contribution is -2.17. The molecule has 118 valence electrons. The van der Waals surface area contributed by atoms with Gasteiger partial charge >= 0.3 is 0 Å². The standard InChI is InChI=1S/C13H19N7O2/c1-20-8-9(6-17-20)18-13-16-7-10(11(14)21)12(19-13)15-4-3-5-22-2/h6-8H,3-5H2,1-2H3,(H2,14,21)(H2,15,16,18,19). The van der Waals surface area contributed by atoms with Crippen molar-refractivity contribution in [2.24, 2.45) is 12.8 Å². The molecule has 0 spiro atoms. The number of carbonyl (C=O) groups excluding carboxylic acids is 1. The van der Waals surface area contributed by atoms with Crippen molar-refractivity contribution in [3.8, 4) is 0 Å². The van der Waals surface area contributed by atoms with Gasteiger partial charge in [0.15, 0.2) is 0 Å². The highest BCUT2D eigenvalue weighted by Gasteiger charge is 2.12. The lowest BCUT2D eigenvalue weighted by molar-refractivity contribution is 0.100. The largest absolute Gasteiger partial charge is 0.385 e. The number of nitrogens with zero attached hydrogens (tertiary/aromatic N) is 4. The third-order valence-electron chi connectivity index (χ3n) is 2.83. The summed E-state index contributed by atoms with van der Waals surface area (Å²) in [6, 6.07) is 0. The molecular weight excluding hydrogens is 286 g/mol. The Labute approximate surface area is 127 Å². The minimum atomic E-state index is -0.581. The van der Waals surface area contributed by atoms with Gasteiger partial charge in [0, 0.05) is 39.7 Å². The van der Waals surface area contributed by atoms with Crippen LogP contribution in [0.1, 0.15) is 16.8 Å². The number of primary amides is 1. The zero-order valence-electron chi connectivity index (χ0n) is 12.5. The molecule has 0 saturated carbocycles. The van der Waals surface area contributed by atoms with E-state index in [1.807, 2.05) is 7.05 Å². The predicted octanol–water partition coefficient (Wildman–Crippen LogP) is 0.501. The van der Waals surface area contributed by atoms with Crippen molar-refractivity contribution < 1.29 is 9.53 Å². The first-order chi connectivity index (χ1) is 10.6. The second kappa shape index (κ2) is 7.36. The smallest absolute Gasteiger partial charge is 0.254 e. The fraction of sp³-hybridized carbons (Fsp3) is 0.385. The maximum absolute atomic E-state index is 11.4. The number of ether oxygens (including phenoxy) is 1. The van der Waals surface area contributed by atoms with E-state index in [2.05, 4.69) is 25.7 Å². The Morgan fingerprint density at radius 1 is 1.45 bits per heavy atom. The summed E-state index contributed by atoms with van der Waals surface area (Å²) in [4.78, 5) is 19.8. The number of aromatic nitrogens is 4. The van der Waals surface area contributed by atoms with Gasteiger partial charge in [0.05, 0.1) is 17.4 Å². The molecule has 4 N–H and O–H groups in total. The van der Waals surface area contributed by atoms with E-state index < -0.39 is 5.91 Å². The molecule has 2 rings (SSSR count). The summed E-state index contributed by atoms with van der Waals surface area (Å²) in [7, 11) is 3.44. The number of anilines is 3. The zero-order valence-corrected chi connectivity index (χ0v) is 12.5. The van der Waals surface area contributed by atoms with Crippen LogP contribution < -0.4 is 16.4 Å². The van der Waals surface area contributed by atoms with E-state index in [0.717, 1.165) is 12.1 Å². The van der Waals surface area contributed by atoms with Crippen LogP contribution in [0, 0.1) is 0 Å². The molecule has 0 bridgehead atoms. The summed E-state index contributed by atoms with van der Waals surface area (Å²) in [6.45, 7) is 1.22. The average Bonchev–Trinajstić information content (AvgIpc) is 2.89. The van der Waals surface area contributed by atoms with Crippen LogP contribution in [0.4, 0.5) is 17.5 Å². The highest BCUT2D eigenvalue weighted by atomic mass is 16.5. The van der Waals surface area contributed by atoms with E-state index in [4.69, 9.17) is 10.5 Å². The van der Waals surface area contributed by atoms with Gasteiger partial charge in [-0.3, -0.25) is 9.48 Å². The third-order valence-corrected chi connectivity index (χ3v) is 2.83. The molecule has 0 saturated heterocycles. The van der Waals surface area contributed by atoms with Crippen LogP contribution in [0.25, 0.3) is 0 Å². The molecule has 0 radical (unpaired) electrons. The predicted molar refractivity (Wildman–Crippen MR) is 82.0 cm³/mol. The van der Waals surface area contributed by atoms with E-state index in [9.17, 15) is 4.79 Å². The van der Waals surface area contributed by atoms with Gasteiger partial charge in [-0.25, -0.2) is 4.98 Å². The van der Waals surface area contributed by atoms with Crippen molar-refractivity contribution in [3.05, 3.63) is 24.2 Å². The molecule has 2 heterocycles. The average molecular weight is 305 g/mol. The van der Waals surface area contributed by atoms with Gasteiger partial charge in [-0.15, -0.1) is 0 Å². The normalized spacial score (nSPS) is 10.5. The fourth-order valence-corrected chi connectivity index (χ4v) is 1.80. The molecule has 0 aliphatic rings. The van der Waals surface area contributed by atoms with Gasteiger partial charge in [0.1, 0.15) is 5.82 Å². The van der Waals surface area contributed by atoms with Gasteiger partial charge in [0.25, 0.3) is 5.91 Å². The molecule has 0 atom stereocenters. The quantitative estimate of drug-likeness (QED) is 0.607. The first kappa shape index (κ1) is 15.7. The number of carbonyl (C=O) groups is 1. The summed E-state index contributed by atoms with van der Waals surface area (Å²) in [5.74, 6) is 0.166. The molecule has 1 amide bonds. The van der Waals surface area contributed by atoms with E-state index in [0.29, 0.717) is 24.9 Å². The van der Waals surface area contributed by atoms with Crippen molar-refractivity contribution in [1.82, 2.24) is 19.7 Å². The molecule has 0 aromatic carbocycles. The number of rotatable bonds is 8. The van der Waals surface area contributed by atoms with Crippen LogP contribution in [-0.4, -0.2) is 45.9 Å². The highest BCUT2D eigenvalue weighted by Crippen LogP contribution is 2.16. The SMILES string of the molecule is COCCCNc1nc(Nc2cnn(C)c2)ncc1C(N)=O. The summed E-state index contributed by atoms with van der Waals surface area (Å²) >= 11 is 0. The van der Waals surface area contributed by atoms with Crippen LogP contribution in [0.5, 0.6) is 0 Å². The van der Waals surface area contributed by atoms with Gasteiger partial charge < -0.3 is 21.1 Å². The summed E-state index contributed by atoms with van der Waals surface area (Å²) in [5, 5.41) is 10.1. The first-order valence-electron chi connectivity index (χ1n) is 6.75. The Hall–Kier alpha value is -2.68. The fourth-order valence-electron chi connectivity index (χ4n) is 1.80. The Morgan fingerprint density at radius 3 is 2.91 bits per heavy atom. The number of amides is 1. The van der Waals surface area contributed by atoms with Gasteiger partial charge in [0.2, 0.25) is 5.95 Å². The van der Waals surface area contributed by atoms with Crippen LogP contribution in [0.15, 0.2) is 18.6 Å². The highest BCUT2D eigenvalue weighted by molar-refractivity contribution is 5.97. The number of nitrogens with two attached hydrogens (primary N) is 1. The van der Waals surface area contributed by atoms with Gasteiger partial charge in [-0.05, 0) is 6.42 Å². The van der Waals surface area contributed by atoms with E-state index >= 15 is 0 Å². The van der Waals surface area contributed by atoms with E-state index in [-0.39, 0.29) is 5.56 Å². The monoisotopic (exact) mass is 305 g/mol. The second-order valence-corrected chi connectivity index (χ2v) is 4.62. The Bertz CT molecular complexity index is 641. The van der Waals surface area contributed by atoms with Crippen LogP contribution >= 0.6 is 0 Å². The molecule has 9 nitrogen and oxygen atoms in total. The van der Waals surface area contributed by atoms with Gasteiger partial charge in [-0.2, -0.15) is 10.1 Å². The maximum Gasteiger partial charge on any atom is 0.254 e. The zero-order chi connectivity index (χ0) is 15.9. The molecular formula is C13H19N7O2. The van der Waals surface area contributed by atoms with Crippen molar-refractivity contribution in [1.29, 1.82) is 0 Å². The lowest BCUT2D eigenvalue weighted by Gasteiger charge is -2.10. The summed E-state index contributed by atoms with van der Waals surface area (Å²) < 4.78 is 6.63. The summed E-state index contributed by atoms with van der Waals surface area (Å²) in [5.41, 5.74) is 6.33.